The Hall–Kier alpha value is -4.85. The number of anilines is 1. The van der Waals surface area contributed by atoms with Crippen LogP contribution in [0.2, 0.25) is 0 Å². The highest BCUT2D eigenvalue weighted by Crippen LogP contribution is 2.53. The summed E-state index contributed by atoms with van der Waals surface area (Å²) >= 11 is 0. The Balaban J connectivity index is 1.04. The predicted octanol–water partition coefficient (Wildman–Crippen LogP) is 4.26. The number of hydrogen-bond acceptors (Lipinski definition) is 7. The van der Waals surface area contributed by atoms with Gasteiger partial charge >= 0.3 is 11.9 Å². The molecule has 1 saturated carbocycles. The maximum absolute atomic E-state index is 13.0. The molecule has 1 saturated heterocycles. The molecular weight excluding hydrogens is 498 g/mol. The van der Waals surface area contributed by atoms with Crippen LogP contribution in [0.1, 0.15) is 37.5 Å². The summed E-state index contributed by atoms with van der Waals surface area (Å²) in [6, 6.07) is 20.5. The fourth-order valence-electron chi connectivity index (χ4n) is 5.65. The number of amides is 2. The van der Waals surface area contributed by atoms with Crippen LogP contribution >= 0.6 is 0 Å². The fourth-order valence-corrected chi connectivity index (χ4v) is 5.65. The molecule has 4 unspecified atom stereocenters. The van der Waals surface area contributed by atoms with Crippen molar-refractivity contribution in [3.8, 4) is 5.75 Å². The van der Waals surface area contributed by atoms with Crippen molar-refractivity contribution in [2.45, 2.75) is 6.42 Å². The molecule has 3 aromatic rings. The number of carbonyl (C=O) groups is 5. The predicted molar refractivity (Wildman–Crippen MR) is 139 cm³/mol. The molecule has 39 heavy (non-hydrogen) atoms. The van der Waals surface area contributed by atoms with E-state index in [0.29, 0.717) is 11.3 Å². The van der Waals surface area contributed by atoms with Gasteiger partial charge < -0.3 is 9.47 Å². The molecule has 0 radical (unpaired) electrons. The van der Waals surface area contributed by atoms with Crippen LogP contribution in [0.5, 0.6) is 5.75 Å². The molecule has 0 N–H and O–H groups in total. The van der Waals surface area contributed by atoms with Crippen molar-refractivity contribution in [1.29, 1.82) is 0 Å². The lowest BCUT2D eigenvalue weighted by Gasteiger charge is -2.17. The van der Waals surface area contributed by atoms with Gasteiger partial charge in [0.15, 0.2) is 12.4 Å². The number of imide groups is 1. The van der Waals surface area contributed by atoms with E-state index in [9.17, 15) is 24.0 Å². The smallest absolute Gasteiger partial charge is 0.343 e. The molecule has 2 bridgehead atoms. The third-order valence-electron chi connectivity index (χ3n) is 7.56. The number of Topliss-reactive ketones (excluding diaryl/α,β-unsaturated/α-hetero) is 1. The normalized spacial score (nSPS) is 22.6. The van der Waals surface area contributed by atoms with E-state index in [2.05, 4.69) is 0 Å². The van der Waals surface area contributed by atoms with Gasteiger partial charge in [-0.2, -0.15) is 0 Å². The van der Waals surface area contributed by atoms with Crippen molar-refractivity contribution >= 4 is 35.2 Å². The molecule has 194 valence electrons. The lowest BCUT2D eigenvalue weighted by atomic mass is 9.85. The number of benzene rings is 3. The number of rotatable bonds is 7. The second kappa shape index (κ2) is 9.79. The van der Waals surface area contributed by atoms with Gasteiger partial charge in [0.1, 0.15) is 5.75 Å². The highest BCUT2D eigenvalue weighted by molar-refractivity contribution is 6.22. The van der Waals surface area contributed by atoms with E-state index < -0.39 is 24.3 Å². The monoisotopic (exact) mass is 521 g/mol. The van der Waals surface area contributed by atoms with E-state index in [-0.39, 0.29) is 52.4 Å². The number of carbonyl (C=O) groups excluding carboxylic acids is 5. The van der Waals surface area contributed by atoms with Crippen LogP contribution in [-0.4, -0.2) is 36.1 Å². The summed E-state index contributed by atoms with van der Waals surface area (Å²) in [7, 11) is 0. The summed E-state index contributed by atoms with van der Waals surface area (Å²) in [6.07, 6.45) is 4.93. The molecule has 1 heterocycles. The number of allylic oxidation sites excluding steroid dienone is 2. The number of nitrogens with zero attached hydrogens (tertiary/aromatic N) is 1. The fraction of sp³-hybridized carbons (Fsp3) is 0.194. The standard InChI is InChI=1S/C31H23NO7/c33-25(18-10-14-24(15-11-18)39-31(37)19-4-2-1-3-5-19)17-38-30(36)20-8-12-23(13-9-20)32-28(34)26-21-6-7-22(16-21)27(26)29(32)35/h1-15,21-22,26-27H,16-17H2. The minimum absolute atomic E-state index is 0.119. The second-order valence-corrected chi connectivity index (χ2v) is 9.84. The summed E-state index contributed by atoms with van der Waals surface area (Å²) in [4.78, 5) is 64.4. The Morgan fingerprint density at radius 3 is 1.87 bits per heavy atom. The van der Waals surface area contributed by atoms with Gasteiger partial charge in [-0.05, 0) is 78.9 Å². The molecule has 2 aliphatic carbocycles. The summed E-state index contributed by atoms with van der Waals surface area (Å²) in [5.74, 6) is -2.11. The van der Waals surface area contributed by atoms with Crippen LogP contribution in [0.15, 0.2) is 91.0 Å². The quantitative estimate of drug-likeness (QED) is 0.150. The topological polar surface area (TPSA) is 107 Å². The van der Waals surface area contributed by atoms with Gasteiger partial charge in [0.25, 0.3) is 0 Å². The number of esters is 2. The zero-order valence-electron chi connectivity index (χ0n) is 20.7. The Kier molecular flexibility index (Phi) is 6.15. The first-order valence-corrected chi connectivity index (χ1v) is 12.6. The van der Waals surface area contributed by atoms with Crippen molar-refractivity contribution in [3.63, 3.8) is 0 Å². The third-order valence-corrected chi connectivity index (χ3v) is 7.56. The second-order valence-electron chi connectivity index (χ2n) is 9.84. The van der Waals surface area contributed by atoms with Crippen molar-refractivity contribution in [2.75, 3.05) is 11.5 Å². The van der Waals surface area contributed by atoms with Crippen LogP contribution in [0.3, 0.4) is 0 Å². The molecule has 1 aliphatic heterocycles. The summed E-state index contributed by atoms with van der Waals surface area (Å²) in [5.41, 5.74) is 1.30. The molecule has 2 fully saturated rings. The number of ether oxygens (including phenoxy) is 2. The van der Waals surface area contributed by atoms with Gasteiger partial charge in [-0.3, -0.25) is 19.3 Å². The first kappa shape index (κ1) is 24.5. The molecule has 0 spiro atoms. The highest BCUT2D eigenvalue weighted by atomic mass is 16.5. The Bertz CT molecular complexity index is 1480. The minimum atomic E-state index is -0.707. The van der Waals surface area contributed by atoms with Gasteiger partial charge in [0.2, 0.25) is 11.8 Å². The Morgan fingerprint density at radius 1 is 0.692 bits per heavy atom. The van der Waals surface area contributed by atoms with Crippen molar-refractivity contribution < 1.29 is 33.4 Å². The van der Waals surface area contributed by atoms with Crippen LogP contribution in [-0.2, 0) is 14.3 Å². The van der Waals surface area contributed by atoms with Gasteiger partial charge in [0, 0.05) is 5.56 Å². The maximum atomic E-state index is 13.0. The van der Waals surface area contributed by atoms with Crippen LogP contribution < -0.4 is 9.64 Å². The minimum Gasteiger partial charge on any atom is -0.454 e. The molecule has 6 rings (SSSR count). The van der Waals surface area contributed by atoms with Crippen LogP contribution in [0, 0.1) is 23.7 Å². The zero-order valence-corrected chi connectivity index (χ0v) is 20.7. The van der Waals surface area contributed by atoms with Crippen LogP contribution in [0.4, 0.5) is 5.69 Å². The molecule has 3 aromatic carbocycles. The SMILES string of the molecule is O=C(COC(=O)c1ccc(N2C(=O)C3C4C=CC(C4)C3C2=O)cc1)c1ccc(OC(=O)c2ccccc2)cc1. The largest absolute Gasteiger partial charge is 0.454 e. The average Bonchev–Trinajstić information content (AvgIpc) is 3.66. The lowest BCUT2D eigenvalue weighted by Crippen LogP contribution is -2.32. The van der Waals surface area contributed by atoms with E-state index in [0.717, 1.165) is 6.42 Å². The molecule has 0 aromatic heterocycles. The van der Waals surface area contributed by atoms with E-state index in [1.165, 1.54) is 41.3 Å². The summed E-state index contributed by atoms with van der Waals surface area (Å²) < 4.78 is 10.5. The maximum Gasteiger partial charge on any atom is 0.343 e. The van der Waals surface area contributed by atoms with Crippen molar-refractivity contribution in [2.24, 2.45) is 23.7 Å². The van der Waals surface area contributed by atoms with Crippen molar-refractivity contribution in [1.82, 2.24) is 0 Å². The van der Waals surface area contributed by atoms with E-state index in [1.54, 1.807) is 42.5 Å². The van der Waals surface area contributed by atoms with Gasteiger partial charge in [0.05, 0.1) is 28.7 Å². The molecule has 4 atom stereocenters. The molecule has 8 heteroatoms. The highest BCUT2D eigenvalue weighted by Gasteiger charge is 2.59. The Labute approximate surface area is 223 Å². The molecule has 8 nitrogen and oxygen atoms in total. The zero-order chi connectivity index (χ0) is 27.1. The van der Waals surface area contributed by atoms with Gasteiger partial charge in [-0.1, -0.05) is 30.4 Å². The molecule has 3 aliphatic rings. The average molecular weight is 522 g/mol. The van der Waals surface area contributed by atoms with E-state index in [1.807, 2.05) is 12.2 Å². The lowest BCUT2D eigenvalue weighted by molar-refractivity contribution is -0.123. The van der Waals surface area contributed by atoms with E-state index >= 15 is 0 Å². The number of hydrogen-bond donors (Lipinski definition) is 0. The summed E-state index contributed by atoms with van der Waals surface area (Å²) in [5, 5.41) is 0. The summed E-state index contributed by atoms with van der Waals surface area (Å²) in [6.45, 7) is -0.480. The molecular formula is C31H23NO7. The number of fused-ring (bicyclic) bond motifs is 5. The van der Waals surface area contributed by atoms with E-state index in [4.69, 9.17) is 9.47 Å². The number of ketones is 1. The Morgan fingerprint density at radius 2 is 1.26 bits per heavy atom. The first-order valence-electron chi connectivity index (χ1n) is 12.6. The molecule has 2 amide bonds. The first-order chi connectivity index (χ1) is 18.9. The van der Waals surface area contributed by atoms with Gasteiger partial charge in [-0.25, -0.2) is 9.59 Å². The van der Waals surface area contributed by atoms with Crippen LogP contribution in [0.25, 0.3) is 0 Å². The van der Waals surface area contributed by atoms with Crippen molar-refractivity contribution in [3.05, 3.63) is 108 Å². The third kappa shape index (κ3) is 4.44. The van der Waals surface area contributed by atoms with Gasteiger partial charge in [-0.15, -0.1) is 0 Å².